The predicted octanol–water partition coefficient (Wildman–Crippen LogP) is 2.49. The van der Waals surface area contributed by atoms with E-state index in [9.17, 15) is 23.5 Å². The molecule has 1 aromatic carbocycles. The Labute approximate surface area is 179 Å². The lowest BCUT2D eigenvalue weighted by Crippen LogP contribution is -2.72. The average Bonchev–Trinajstić information content (AvgIpc) is 2.71. The quantitative estimate of drug-likeness (QED) is 0.536. The van der Waals surface area contributed by atoms with Crippen molar-refractivity contribution >= 4 is 33.2 Å². The second-order valence-corrected chi connectivity index (χ2v) is 8.65. The molecule has 1 aromatic heterocycles. The van der Waals surface area contributed by atoms with Crippen molar-refractivity contribution in [1.82, 2.24) is 15.2 Å². The van der Waals surface area contributed by atoms with Crippen LogP contribution in [0.4, 0.5) is 20.2 Å². The molecule has 0 spiro atoms. The Morgan fingerprint density at radius 1 is 1.30 bits per heavy atom. The number of halogens is 3. The van der Waals surface area contributed by atoms with Crippen LogP contribution in [0, 0.1) is 11.6 Å². The molecular weight excluding hydrogens is 462 g/mol. The summed E-state index contributed by atoms with van der Waals surface area (Å²) in [5, 5.41) is 16.6. The molecule has 0 bridgehead atoms. The first-order valence-electron chi connectivity index (χ1n) is 9.67. The first-order chi connectivity index (χ1) is 14.3. The number of hydrogen-bond donors (Lipinski definition) is 4. The SMILES string of the molecule is O=C(c1c[nH]c(=O)c(F)c1Nc1ccc(Br)cc1F)N1CC(O)([C@@H]2CCCCN2)C1. The molecule has 30 heavy (non-hydrogen) atoms. The summed E-state index contributed by atoms with van der Waals surface area (Å²) >= 11 is 3.14. The number of aliphatic hydroxyl groups is 1. The van der Waals surface area contributed by atoms with Gasteiger partial charge in [0.1, 0.15) is 11.4 Å². The van der Waals surface area contributed by atoms with Crippen molar-refractivity contribution < 1.29 is 18.7 Å². The van der Waals surface area contributed by atoms with Crippen LogP contribution < -0.4 is 16.2 Å². The summed E-state index contributed by atoms with van der Waals surface area (Å²) < 4.78 is 29.3. The van der Waals surface area contributed by atoms with E-state index in [0.29, 0.717) is 4.47 Å². The molecule has 10 heteroatoms. The number of nitrogens with zero attached hydrogens (tertiary/aromatic N) is 1. The first-order valence-corrected chi connectivity index (χ1v) is 10.5. The van der Waals surface area contributed by atoms with Crippen LogP contribution in [0.1, 0.15) is 29.6 Å². The molecule has 4 N–H and O–H groups in total. The molecule has 1 atom stereocenters. The largest absolute Gasteiger partial charge is 0.385 e. The maximum atomic E-state index is 14.6. The number of anilines is 2. The van der Waals surface area contributed by atoms with Gasteiger partial charge < -0.3 is 25.6 Å². The van der Waals surface area contributed by atoms with E-state index in [1.807, 2.05) is 0 Å². The van der Waals surface area contributed by atoms with Gasteiger partial charge in [-0.2, -0.15) is 4.39 Å². The molecule has 2 aliphatic heterocycles. The molecule has 2 aliphatic rings. The summed E-state index contributed by atoms with van der Waals surface area (Å²) in [6, 6.07) is 4.00. The van der Waals surface area contributed by atoms with Crippen molar-refractivity contribution in [2.45, 2.75) is 30.9 Å². The lowest BCUT2D eigenvalue weighted by molar-refractivity contribution is -0.108. The summed E-state index contributed by atoms with van der Waals surface area (Å²) in [5.74, 6) is -2.46. The van der Waals surface area contributed by atoms with Crippen molar-refractivity contribution in [3.63, 3.8) is 0 Å². The minimum absolute atomic E-state index is 0.0803. The number of aromatic nitrogens is 1. The molecule has 0 radical (unpaired) electrons. The van der Waals surface area contributed by atoms with Gasteiger partial charge in [0.25, 0.3) is 11.5 Å². The van der Waals surface area contributed by atoms with Crippen LogP contribution in [-0.2, 0) is 0 Å². The number of hydrogen-bond acceptors (Lipinski definition) is 5. The van der Waals surface area contributed by atoms with E-state index in [2.05, 4.69) is 31.5 Å². The Balaban J connectivity index is 1.58. The van der Waals surface area contributed by atoms with E-state index in [1.54, 1.807) is 6.07 Å². The van der Waals surface area contributed by atoms with Gasteiger partial charge in [0.2, 0.25) is 5.82 Å². The lowest BCUT2D eigenvalue weighted by Gasteiger charge is -2.51. The van der Waals surface area contributed by atoms with E-state index >= 15 is 0 Å². The Morgan fingerprint density at radius 2 is 2.07 bits per heavy atom. The molecule has 1 amide bonds. The zero-order chi connectivity index (χ0) is 21.5. The molecule has 0 aliphatic carbocycles. The number of amides is 1. The average molecular weight is 483 g/mol. The summed E-state index contributed by atoms with van der Waals surface area (Å²) in [7, 11) is 0. The normalized spacial score (nSPS) is 20.5. The molecule has 2 fully saturated rings. The van der Waals surface area contributed by atoms with Crippen LogP contribution in [0.3, 0.4) is 0 Å². The van der Waals surface area contributed by atoms with Crippen molar-refractivity contribution in [3.05, 3.63) is 56.4 Å². The number of benzene rings is 1. The van der Waals surface area contributed by atoms with Gasteiger partial charge in [0, 0.05) is 16.7 Å². The molecule has 2 aromatic rings. The van der Waals surface area contributed by atoms with Crippen molar-refractivity contribution in [2.24, 2.45) is 0 Å². The third kappa shape index (κ3) is 3.86. The number of H-pyrrole nitrogens is 1. The highest BCUT2D eigenvalue weighted by Crippen LogP contribution is 2.32. The maximum Gasteiger partial charge on any atom is 0.286 e. The van der Waals surface area contributed by atoms with Gasteiger partial charge >= 0.3 is 0 Å². The number of carbonyl (C=O) groups excluding carboxylic acids is 1. The van der Waals surface area contributed by atoms with Gasteiger partial charge in [-0.3, -0.25) is 9.59 Å². The van der Waals surface area contributed by atoms with Crippen LogP contribution in [0.2, 0.25) is 0 Å². The van der Waals surface area contributed by atoms with E-state index in [1.165, 1.54) is 17.0 Å². The number of β-amino-alcohol motifs (C(OH)–C–C–N with tert-alkyl or cyclic N) is 1. The molecule has 160 valence electrons. The van der Waals surface area contributed by atoms with E-state index in [4.69, 9.17) is 0 Å². The molecule has 4 rings (SSSR count). The van der Waals surface area contributed by atoms with Crippen LogP contribution >= 0.6 is 15.9 Å². The molecule has 2 saturated heterocycles. The van der Waals surface area contributed by atoms with Crippen LogP contribution in [0.15, 0.2) is 33.7 Å². The van der Waals surface area contributed by atoms with Crippen LogP contribution in [-0.4, -0.2) is 52.2 Å². The van der Waals surface area contributed by atoms with E-state index < -0.39 is 34.4 Å². The van der Waals surface area contributed by atoms with Crippen LogP contribution in [0.25, 0.3) is 0 Å². The monoisotopic (exact) mass is 482 g/mol. The van der Waals surface area contributed by atoms with Gasteiger partial charge in [-0.25, -0.2) is 4.39 Å². The Bertz CT molecular complexity index is 1030. The predicted molar refractivity (Wildman–Crippen MR) is 111 cm³/mol. The maximum absolute atomic E-state index is 14.6. The smallest absolute Gasteiger partial charge is 0.286 e. The molecule has 0 unspecified atom stereocenters. The number of rotatable bonds is 4. The van der Waals surface area contributed by atoms with Gasteiger partial charge in [0.15, 0.2) is 0 Å². The van der Waals surface area contributed by atoms with E-state index in [-0.39, 0.29) is 30.4 Å². The molecule has 3 heterocycles. The Hall–Kier alpha value is -2.30. The number of piperidine rings is 1. The number of nitrogens with one attached hydrogen (secondary N) is 3. The first kappa shape index (κ1) is 21.0. The standard InChI is InChI=1S/C20H21BrF2N4O3/c21-11-4-5-14(13(22)7-11)26-17-12(8-25-18(28)16(17)23)19(29)27-9-20(30,10-27)15-3-1-2-6-24-15/h4-5,7-8,15,24,30H,1-3,6,9-10H2,(H2,25,26,28)/t15-/m0/s1. The number of likely N-dealkylation sites (tertiary alicyclic amines) is 1. The zero-order valence-electron chi connectivity index (χ0n) is 16.0. The zero-order valence-corrected chi connectivity index (χ0v) is 17.6. The minimum Gasteiger partial charge on any atom is -0.385 e. The van der Waals surface area contributed by atoms with Crippen LogP contribution in [0.5, 0.6) is 0 Å². The highest BCUT2D eigenvalue weighted by Gasteiger charge is 2.49. The fourth-order valence-electron chi connectivity index (χ4n) is 3.98. The molecule has 7 nitrogen and oxygen atoms in total. The Morgan fingerprint density at radius 3 is 2.73 bits per heavy atom. The second-order valence-electron chi connectivity index (χ2n) is 7.74. The van der Waals surface area contributed by atoms with Gasteiger partial charge in [-0.05, 0) is 37.6 Å². The third-order valence-electron chi connectivity index (χ3n) is 5.63. The summed E-state index contributed by atoms with van der Waals surface area (Å²) in [6.45, 7) is 1.01. The van der Waals surface area contributed by atoms with Crippen molar-refractivity contribution in [3.8, 4) is 0 Å². The molecular formula is C20H21BrF2N4O3. The summed E-state index contributed by atoms with van der Waals surface area (Å²) in [5.41, 5.74) is -2.70. The highest BCUT2D eigenvalue weighted by atomic mass is 79.9. The van der Waals surface area contributed by atoms with Gasteiger partial charge in [-0.15, -0.1) is 0 Å². The van der Waals surface area contributed by atoms with Gasteiger partial charge in [0.05, 0.1) is 30.0 Å². The Kier molecular flexibility index (Phi) is 5.65. The number of pyridine rings is 1. The summed E-state index contributed by atoms with van der Waals surface area (Å²) in [6.07, 6.45) is 3.98. The topological polar surface area (TPSA) is 97.5 Å². The minimum atomic E-state index is -1.21. The second kappa shape index (κ2) is 8.09. The van der Waals surface area contributed by atoms with Gasteiger partial charge in [-0.1, -0.05) is 22.4 Å². The fourth-order valence-corrected chi connectivity index (χ4v) is 4.31. The highest BCUT2D eigenvalue weighted by molar-refractivity contribution is 9.10. The lowest BCUT2D eigenvalue weighted by atomic mass is 9.81. The molecule has 0 saturated carbocycles. The summed E-state index contributed by atoms with van der Waals surface area (Å²) in [4.78, 5) is 28.3. The number of carbonyl (C=O) groups is 1. The van der Waals surface area contributed by atoms with Crippen molar-refractivity contribution in [2.75, 3.05) is 25.0 Å². The van der Waals surface area contributed by atoms with E-state index in [0.717, 1.165) is 32.0 Å². The third-order valence-corrected chi connectivity index (χ3v) is 6.13. The van der Waals surface area contributed by atoms with Crippen molar-refractivity contribution in [1.29, 1.82) is 0 Å². The number of aromatic amines is 1. The fraction of sp³-hybridized carbons (Fsp3) is 0.400.